The molecule has 0 bridgehead atoms. The van der Waals surface area contributed by atoms with Gasteiger partial charge in [0.25, 0.3) is 5.91 Å². The predicted molar refractivity (Wildman–Crippen MR) is 52.5 cm³/mol. The summed E-state index contributed by atoms with van der Waals surface area (Å²) in [6.45, 7) is 0.757. The predicted octanol–water partition coefficient (Wildman–Crippen LogP) is 0.156. The molecule has 0 saturated heterocycles. The van der Waals surface area contributed by atoms with E-state index in [4.69, 9.17) is 7.85 Å². The summed E-state index contributed by atoms with van der Waals surface area (Å²) in [5, 5.41) is 2.83. The number of hydrogen-bond donors (Lipinski definition) is 1. The molecule has 1 aromatic carbocycles. The Balaban J connectivity index is 2.49. The number of amides is 1. The van der Waals surface area contributed by atoms with Crippen LogP contribution in [0, 0.1) is 0 Å². The summed E-state index contributed by atoms with van der Waals surface area (Å²) < 4.78 is 0. The quantitative estimate of drug-likeness (QED) is 0.553. The van der Waals surface area contributed by atoms with Crippen molar-refractivity contribution in [1.29, 1.82) is 0 Å². The molecule has 2 nitrogen and oxygen atoms in total. The van der Waals surface area contributed by atoms with Crippen LogP contribution in [-0.4, -0.2) is 20.3 Å². The smallest absolute Gasteiger partial charge is 0.251 e. The van der Waals surface area contributed by atoms with Crippen molar-refractivity contribution in [3.05, 3.63) is 29.3 Å². The molecule has 1 heterocycles. The number of rotatable bonds is 0. The zero-order valence-corrected chi connectivity index (χ0v) is 7.34. The summed E-state index contributed by atoms with van der Waals surface area (Å²) in [5.41, 5.74) is 2.48. The second kappa shape index (κ2) is 3.25. The Kier molecular flexibility index (Phi) is 2.09. The van der Waals surface area contributed by atoms with Crippen LogP contribution in [0.25, 0.3) is 0 Å². The van der Waals surface area contributed by atoms with Gasteiger partial charge < -0.3 is 5.32 Å². The van der Waals surface area contributed by atoms with Crippen LogP contribution in [0.2, 0.25) is 0 Å². The van der Waals surface area contributed by atoms with Crippen molar-refractivity contribution in [3.8, 4) is 0 Å². The number of aryl methyl sites for hydroxylation is 1. The first kappa shape index (κ1) is 8.36. The molecule has 0 saturated carbocycles. The molecule has 2 radical (unpaired) electrons. The lowest BCUT2D eigenvalue weighted by Gasteiger charge is -2.04. The van der Waals surface area contributed by atoms with Crippen molar-refractivity contribution < 1.29 is 4.79 Å². The van der Waals surface area contributed by atoms with Crippen LogP contribution >= 0.6 is 0 Å². The first-order chi connectivity index (χ1) is 6.27. The maximum Gasteiger partial charge on any atom is 0.251 e. The van der Waals surface area contributed by atoms with E-state index in [-0.39, 0.29) is 5.91 Å². The lowest BCUT2D eigenvalue weighted by molar-refractivity contribution is 0.0956. The summed E-state index contributed by atoms with van der Waals surface area (Å²) in [4.78, 5) is 11.5. The van der Waals surface area contributed by atoms with Crippen molar-refractivity contribution >= 4 is 19.2 Å². The number of carbonyl (C=O) groups excluding carboxylic acids is 1. The van der Waals surface area contributed by atoms with Crippen LogP contribution in [0.3, 0.4) is 0 Å². The minimum atomic E-state index is -0.000185. The summed E-state index contributed by atoms with van der Waals surface area (Å²) in [6.07, 6.45) is 1.96. The van der Waals surface area contributed by atoms with Gasteiger partial charge in [0.15, 0.2) is 0 Å². The van der Waals surface area contributed by atoms with Crippen LogP contribution in [0.15, 0.2) is 18.2 Å². The Morgan fingerprint density at radius 3 is 3.08 bits per heavy atom. The highest BCUT2D eigenvalue weighted by Crippen LogP contribution is 2.12. The Labute approximate surface area is 78.7 Å². The fraction of sp³-hybridized carbons (Fsp3) is 0.300. The lowest BCUT2D eigenvalue weighted by atomic mass is 9.91. The third-order valence-corrected chi connectivity index (χ3v) is 2.29. The summed E-state index contributed by atoms with van der Waals surface area (Å²) in [7, 11) is 5.62. The molecule has 1 aromatic rings. The summed E-state index contributed by atoms with van der Waals surface area (Å²) in [6, 6.07) is 5.53. The Hall–Kier alpha value is -1.25. The molecule has 0 fully saturated rings. The van der Waals surface area contributed by atoms with Gasteiger partial charge in [0, 0.05) is 12.1 Å². The van der Waals surface area contributed by atoms with Crippen molar-refractivity contribution in [2.75, 3.05) is 6.54 Å². The van der Waals surface area contributed by atoms with E-state index in [1.54, 1.807) is 6.07 Å². The maximum absolute atomic E-state index is 11.5. The Morgan fingerprint density at radius 1 is 1.38 bits per heavy atom. The van der Waals surface area contributed by atoms with Gasteiger partial charge >= 0.3 is 0 Å². The molecule has 1 aliphatic rings. The van der Waals surface area contributed by atoms with Crippen LogP contribution in [0.4, 0.5) is 0 Å². The Bertz CT molecular complexity index is 349. The number of carbonyl (C=O) groups is 1. The number of benzene rings is 1. The Morgan fingerprint density at radius 2 is 2.23 bits per heavy atom. The average Bonchev–Trinajstić information content (AvgIpc) is 2.29. The van der Waals surface area contributed by atoms with Gasteiger partial charge in [-0.3, -0.25) is 4.79 Å². The first-order valence-corrected chi connectivity index (χ1v) is 4.44. The standard InChI is InChI=1S/C10H10BNO/c11-8-4-3-7-2-1-5-12-10(13)9(7)6-8/h3-4,6H,1-2,5H2,(H,12,13). The number of fused-ring (bicyclic) bond motifs is 1. The van der Waals surface area contributed by atoms with Crippen LogP contribution in [0.5, 0.6) is 0 Å². The second-order valence-electron chi connectivity index (χ2n) is 3.28. The van der Waals surface area contributed by atoms with Crippen LogP contribution in [0.1, 0.15) is 22.3 Å². The van der Waals surface area contributed by atoms with Gasteiger partial charge in [0.2, 0.25) is 0 Å². The highest BCUT2D eigenvalue weighted by molar-refractivity contribution is 6.32. The molecule has 0 atom stereocenters. The molecule has 1 N–H and O–H groups in total. The zero-order valence-electron chi connectivity index (χ0n) is 7.34. The van der Waals surface area contributed by atoms with Gasteiger partial charge in [-0.15, -0.1) is 0 Å². The van der Waals surface area contributed by atoms with E-state index in [9.17, 15) is 4.79 Å². The zero-order chi connectivity index (χ0) is 9.26. The molecular weight excluding hydrogens is 161 g/mol. The first-order valence-electron chi connectivity index (χ1n) is 4.44. The van der Waals surface area contributed by atoms with E-state index in [1.165, 1.54) is 0 Å². The maximum atomic E-state index is 11.5. The van der Waals surface area contributed by atoms with Gasteiger partial charge in [0.1, 0.15) is 7.85 Å². The summed E-state index contributed by atoms with van der Waals surface area (Å²) >= 11 is 0. The van der Waals surface area contributed by atoms with Gasteiger partial charge in [0.05, 0.1) is 0 Å². The molecule has 0 unspecified atom stereocenters. The number of hydrogen-bond acceptors (Lipinski definition) is 1. The van der Waals surface area contributed by atoms with Crippen molar-refractivity contribution in [1.82, 2.24) is 5.32 Å². The molecule has 2 rings (SSSR count). The van der Waals surface area contributed by atoms with Crippen molar-refractivity contribution in [3.63, 3.8) is 0 Å². The van der Waals surface area contributed by atoms with E-state index in [0.717, 1.165) is 30.5 Å². The highest BCUT2D eigenvalue weighted by atomic mass is 16.1. The molecule has 0 spiro atoms. The molecule has 0 aliphatic carbocycles. The van der Waals surface area contributed by atoms with Crippen LogP contribution in [-0.2, 0) is 6.42 Å². The van der Waals surface area contributed by atoms with Gasteiger partial charge in [-0.1, -0.05) is 23.7 Å². The molecule has 1 aliphatic heterocycles. The lowest BCUT2D eigenvalue weighted by Crippen LogP contribution is -2.23. The molecular formula is C10H10BNO. The van der Waals surface area contributed by atoms with Crippen molar-refractivity contribution in [2.24, 2.45) is 0 Å². The molecule has 3 heteroatoms. The van der Waals surface area contributed by atoms with Crippen molar-refractivity contribution in [2.45, 2.75) is 12.8 Å². The fourth-order valence-electron chi connectivity index (χ4n) is 1.60. The summed E-state index contributed by atoms with van der Waals surface area (Å²) in [5.74, 6) is -0.000185. The molecule has 1 amide bonds. The number of nitrogens with one attached hydrogen (secondary N) is 1. The topological polar surface area (TPSA) is 29.1 Å². The largest absolute Gasteiger partial charge is 0.352 e. The van der Waals surface area contributed by atoms with E-state index in [0.29, 0.717) is 5.46 Å². The van der Waals surface area contributed by atoms with E-state index in [1.807, 2.05) is 12.1 Å². The monoisotopic (exact) mass is 171 g/mol. The third kappa shape index (κ3) is 1.59. The van der Waals surface area contributed by atoms with Gasteiger partial charge in [-0.05, 0) is 18.4 Å². The normalized spacial score (nSPS) is 15.8. The minimum Gasteiger partial charge on any atom is -0.352 e. The van der Waals surface area contributed by atoms with E-state index >= 15 is 0 Å². The molecule has 13 heavy (non-hydrogen) atoms. The third-order valence-electron chi connectivity index (χ3n) is 2.29. The van der Waals surface area contributed by atoms with E-state index < -0.39 is 0 Å². The minimum absolute atomic E-state index is 0.000185. The van der Waals surface area contributed by atoms with Gasteiger partial charge in [-0.25, -0.2) is 0 Å². The molecule has 0 aromatic heterocycles. The highest BCUT2D eigenvalue weighted by Gasteiger charge is 2.13. The van der Waals surface area contributed by atoms with Crippen LogP contribution < -0.4 is 10.8 Å². The van der Waals surface area contributed by atoms with Gasteiger partial charge in [-0.2, -0.15) is 0 Å². The average molecular weight is 171 g/mol. The SMILES string of the molecule is [B]c1ccc2c(c1)C(=O)NCCC2. The van der Waals surface area contributed by atoms with E-state index in [2.05, 4.69) is 5.32 Å². The molecule has 64 valence electrons. The fourth-order valence-corrected chi connectivity index (χ4v) is 1.60. The second-order valence-corrected chi connectivity index (χ2v) is 3.28.